The molecule has 0 radical (unpaired) electrons. The van der Waals surface area contributed by atoms with Crippen molar-refractivity contribution in [3.05, 3.63) is 59.4 Å². The number of aryl methyl sites for hydroxylation is 2. The number of halogens is 1. The normalized spacial score (nSPS) is 26.8. The van der Waals surface area contributed by atoms with Gasteiger partial charge < -0.3 is 0 Å². The molecule has 1 nitrogen and oxygen atoms in total. The van der Waals surface area contributed by atoms with Crippen LogP contribution in [0.5, 0.6) is 0 Å². The maximum Gasteiger partial charge on any atom is 0.199 e. The summed E-state index contributed by atoms with van der Waals surface area (Å²) >= 11 is 0. The Morgan fingerprint density at radius 1 is 0.906 bits per heavy atom. The molecule has 0 unspecified atom stereocenters. The van der Waals surface area contributed by atoms with Crippen LogP contribution in [0.3, 0.4) is 0 Å². The van der Waals surface area contributed by atoms with Gasteiger partial charge >= 0.3 is 0 Å². The fourth-order valence-electron chi connectivity index (χ4n) is 6.01. The van der Waals surface area contributed by atoms with Crippen LogP contribution >= 0.6 is 0 Å². The van der Waals surface area contributed by atoms with E-state index in [0.717, 1.165) is 17.8 Å². The van der Waals surface area contributed by atoms with E-state index in [1.165, 1.54) is 113 Å². The first-order chi connectivity index (χ1) is 15.7. The second kappa shape index (κ2) is 13.6. The van der Waals surface area contributed by atoms with E-state index in [9.17, 15) is 4.39 Å². The predicted octanol–water partition coefficient (Wildman–Crippen LogP) is 8.90. The lowest BCUT2D eigenvalue weighted by atomic mass is 9.68. The van der Waals surface area contributed by atoms with Crippen LogP contribution in [0, 0.1) is 35.0 Å². The number of rotatable bonds is 10. The number of hydrogen-bond donors (Lipinski definition) is 0. The molecule has 1 aromatic rings. The third-order valence-corrected chi connectivity index (χ3v) is 8.00. The quantitative estimate of drug-likeness (QED) is 0.204. The Morgan fingerprint density at radius 2 is 1.50 bits per heavy atom. The van der Waals surface area contributed by atoms with E-state index in [2.05, 4.69) is 37.3 Å². The third-order valence-electron chi connectivity index (χ3n) is 8.00. The predicted molar refractivity (Wildman–Crippen MR) is 133 cm³/mol. The Morgan fingerprint density at radius 3 is 2.09 bits per heavy atom. The highest BCUT2D eigenvalue weighted by Crippen LogP contribution is 2.42. The lowest BCUT2D eigenvalue weighted by Gasteiger charge is -2.37. The Kier molecular flexibility index (Phi) is 10.5. The van der Waals surface area contributed by atoms with E-state index in [-0.39, 0.29) is 0 Å². The van der Waals surface area contributed by atoms with Crippen molar-refractivity contribution in [1.82, 2.24) is 0 Å². The molecule has 174 valence electrons. The van der Waals surface area contributed by atoms with Crippen molar-refractivity contribution >= 4 is 0 Å². The van der Waals surface area contributed by atoms with Gasteiger partial charge in [-0.25, -0.2) is 0 Å². The molecule has 2 aliphatic carbocycles. The zero-order valence-corrected chi connectivity index (χ0v) is 20.1. The van der Waals surface area contributed by atoms with Crippen LogP contribution in [0.4, 0.5) is 4.39 Å². The maximum atomic E-state index is 12.9. The molecule has 2 fully saturated rings. The minimum atomic E-state index is -0.701. The molecule has 2 heteroatoms. The van der Waals surface area contributed by atoms with Crippen LogP contribution in [0.25, 0.3) is 0 Å². The van der Waals surface area contributed by atoms with Gasteiger partial charge in [-0.15, -0.1) is 0 Å². The Balaban J connectivity index is 1.27. The minimum absolute atomic E-state index is 0.563. The average molecular weight is 436 g/mol. The number of hydrogen-bond acceptors (Lipinski definition) is 1. The van der Waals surface area contributed by atoms with Gasteiger partial charge in [0.05, 0.1) is 0 Å². The van der Waals surface area contributed by atoms with Crippen LogP contribution in [0.2, 0.25) is 0 Å². The summed E-state index contributed by atoms with van der Waals surface area (Å²) in [6.07, 6.45) is 23.8. The standard InChI is InChI=1S/C30H42FN/c1-2-6-24-11-13-25(14-12-24)7-3-4-8-26-15-19-28(20-16-26)29-21-17-27(18-22-29)9-5-10-30(31)23-32/h5,9-14,26-29H,2-4,6-8,15-22H2,1H3. The van der Waals surface area contributed by atoms with Gasteiger partial charge in [-0.05, 0) is 98.7 Å². The molecule has 3 rings (SSSR count). The molecule has 1 aromatic carbocycles. The number of allylic oxidation sites excluding steroid dienone is 4. The zero-order chi connectivity index (χ0) is 22.6. The molecular formula is C30H42FN. The van der Waals surface area contributed by atoms with Crippen LogP contribution < -0.4 is 0 Å². The lowest BCUT2D eigenvalue weighted by molar-refractivity contribution is 0.151. The summed E-state index contributed by atoms with van der Waals surface area (Å²) in [6, 6.07) is 10.8. The summed E-state index contributed by atoms with van der Waals surface area (Å²) in [4.78, 5) is 0. The maximum absolute atomic E-state index is 12.9. The Hall–Kier alpha value is -1.88. The van der Waals surface area contributed by atoms with Crippen molar-refractivity contribution in [2.45, 2.75) is 96.8 Å². The molecule has 0 bridgehead atoms. The van der Waals surface area contributed by atoms with Crippen molar-refractivity contribution in [2.24, 2.45) is 23.7 Å². The van der Waals surface area contributed by atoms with Gasteiger partial charge in [0.2, 0.25) is 0 Å². The van der Waals surface area contributed by atoms with Crippen molar-refractivity contribution in [3.8, 4) is 6.07 Å². The lowest BCUT2D eigenvalue weighted by Crippen LogP contribution is -2.25. The van der Waals surface area contributed by atoms with E-state index in [1.807, 2.05) is 0 Å². The fourth-order valence-corrected chi connectivity index (χ4v) is 6.01. The second-order valence-corrected chi connectivity index (χ2v) is 10.3. The largest absolute Gasteiger partial charge is 0.199 e. The highest BCUT2D eigenvalue weighted by Gasteiger charge is 2.30. The molecular weight excluding hydrogens is 393 g/mol. The Labute approximate surface area is 195 Å². The van der Waals surface area contributed by atoms with Crippen molar-refractivity contribution in [3.63, 3.8) is 0 Å². The summed E-state index contributed by atoms with van der Waals surface area (Å²) in [5.41, 5.74) is 2.98. The molecule has 0 atom stereocenters. The molecule has 0 N–H and O–H groups in total. The van der Waals surface area contributed by atoms with Crippen LogP contribution in [0.1, 0.15) is 95.1 Å². The SMILES string of the molecule is CCCc1ccc(CCCCC2CCC(C3CCC(C=CC=C(F)C#N)CC3)CC2)cc1. The molecule has 0 aliphatic heterocycles. The van der Waals surface area contributed by atoms with Gasteiger partial charge in [0.25, 0.3) is 0 Å². The first-order valence-electron chi connectivity index (χ1n) is 13.2. The molecule has 0 aromatic heterocycles. The number of unbranched alkanes of at least 4 members (excludes halogenated alkanes) is 1. The molecule has 0 saturated heterocycles. The number of nitriles is 1. The zero-order valence-electron chi connectivity index (χ0n) is 20.1. The highest BCUT2D eigenvalue weighted by molar-refractivity contribution is 5.22. The first-order valence-corrected chi connectivity index (χ1v) is 13.2. The summed E-state index contributed by atoms with van der Waals surface area (Å²) < 4.78 is 12.9. The van der Waals surface area contributed by atoms with Crippen LogP contribution in [-0.2, 0) is 12.8 Å². The molecule has 2 saturated carbocycles. The van der Waals surface area contributed by atoms with Gasteiger partial charge in [0.15, 0.2) is 5.83 Å². The topological polar surface area (TPSA) is 23.8 Å². The fraction of sp³-hybridized carbons (Fsp3) is 0.633. The number of benzene rings is 1. The van der Waals surface area contributed by atoms with Crippen molar-refractivity contribution in [1.29, 1.82) is 5.26 Å². The van der Waals surface area contributed by atoms with Gasteiger partial charge in [0.1, 0.15) is 6.07 Å². The summed E-state index contributed by atoms with van der Waals surface area (Å²) in [6.45, 7) is 2.24. The van der Waals surface area contributed by atoms with Gasteiger partial charge in [-0.1, -0.05) is 75.4 Å². The third kappa shape index (κ3) is 8.23. The molecule has 32 heavy (non-hydrogen) atoms. The van der Waals surface area contributed by atoms with E-state index >= 15 is 0 Å². The second-order valence-electron chi connectivity index (χ2n) is 10.3. The summed E-state index contributed by atoms with van der Waals surface area (Å²) in [7, 11) is 0. The van der Waals surface area contributed by atoms with Crippen LogP contribution in [-0.4, -0.2) is 0 Å². The van der Waals surface area contributed by atoms with E-state index in [0.29, 0.717) is 5.92 Å². The number of nitrogens with zero attached hydrogens (tertiary/aromatic N) is 1. The summed E-state index contributed by atoms with van der Waals surface area (Å²) in [5.74, 6) is 2.66. The molecule has 0 heterocycles. The monoisotopic (exact) mass is 435 g/mol. The minimum Gasteiger partial charge on any atom is -0.195 e. The first kappa shape index (κ1) is 24.8. The van der Waals surface area contributed by atoms with Crippen LogP contribution in [0.15, 0.2) is 48.3 Å². The van der Waals surface area contributed by atoms with Gasteiger partial charge in [0, 0.05) is 0 Å². The molecule has 0 amide bonds. The van der Waals surface area contributed by atoms with E-state index < -0.39 is 5.83 Å². The average Bonchev–Trinajstić information content (AvgIpc) is 2.84. The van der Waals surface area contributed by atoms with E-state index in [4.69, 9.17) is 5.26 Å². The smallest absolute Gasteiger partial charge is 0.195 e. The van der Waals surface area contributed by atoms with Gasteiger partial charge in [-0.3, -0.25) is 0 Å². The van der Waals surface area contributed by atoms with Crippen molar-refractivity contribution in [2.75, 3.05) is 0 Å². The molecule has 2 aliphatic rings. The van der Waals surface area contributed by atoms with Crippen molar-refractivity contribution < 1.29 is 4.39 Å². The highest BCUT2D eigenvalue weighted by atomic mass is 19.1. The summed E-state index contributed by atoms with van der Waals surface area (Å²) in [5, 5.41) is 8.47. The Bertz CT molecular complexity index is 753. The van der Waals surface area contributed by atoms with E-state index in [1.54, 1.807) is 6.08 Å². The van der Waals surface area contributed by atoms with Gasteiger partial charge in [-0.2, -0.15) is 9.65 Å². The molecule has 0 spiro atoms.